The first-order chi connectivity index (χ1) is 33.7. The fraction of sp³-hybridized carbons (Fsp3) is 0.0625. The first-order valence-electron chi connectivity index (χ1n) is 23.8. The molecule has 2 aliphatic heterocycles. The fourth-order valence-electron chi connectivity index (χ4n) is 11.9. The highest BCUT2D eigenvalue weighted by Gasteiger charge is 2.29. The summed E-state index contributed by atoms with van der Waals surface area (Å²) in [4.78, 5) is 6.42. The summed E-state index contributed by atoms with van der Waals surface area (Å²) in [6, 6.07) is 73.6. The largest absolute Gasteiger partial charge is 0.310 e. The molecule has 15 rings (SSSR count). The lowest BCUT2D eigenvalue weighted by atomic mass is 9.84. The van der Waals surface area contributed by atoms with Crippen LogP contribution in [0, 0.1) is 0 Å². The molecule has 12 aromatic rings. The minimum absolute atomic E-state index is 0.919. The quantitative estimate of drug-likeness (QED) is 0.162. The van der Waals surface area contributed by atoms with Crippen molar-refractivity contribution < 1.29 is 0 Å². The summed E-state index contributed by atoms with van der Waals surface area (Å²) in [7, 11) is 0. The predicted octanol–water partition coefficient (Wildman–Crippen LogP) is 18.6. The molecule has 0 fully saturated rings. The Balaban J connectivity index is 1.10. The van der Waals surface area contributed by atoms with Crippen molar-refractivity contribution in [3.63, 3.8) is 0 Å². The first kappa shape index (κ1) is 38.4. The molecule has 10 aromatic carbocycles. The molecule has 3 aliphatic rings. The maximum Gasteiger partial charge on any atom is 0.0497 e. The summed E-state index contributed by atoms with van der Waals surface area (Å²) in [6.45, 7) is 0. The van der Waals surface area contributed by atoms with Gasteiger partial charge in [-0.05, 0) is 139 Å². The Labute approximate surface area is 402 Å². The van der Waals surface area contributed by atoms with Crippen LogP contribution < -0.4 is 9.80 Å². The first-order valence-corrected chi connectivity index (χ1v) is 25.4. The molecular formula is C64H42N2S2. The summed E-state index contributed by atoms with van der Waals surface area (Å²) in [5.74, 6) is 0. The molecule has 1 aliphatic carbocycles. The molecule has 0 radical (unpaired) electrons. The van der Waals surface area contributed by atoms with Crippen molar-refractivity contribution in [1.29, 1.82) is 0 Å². The van der Waals surface area contributed by atoms with Gasteiger partial charge in [0.1, 0.15) is 0 Å². The van der Waals surface area contributed by atoms with Crippen molar-refractivity contribution in [2.24, 2.45) is 0 Å². The molecule has 0 saturated carbocycles. The molecule has 2 nitrogen and oxygen atoms in total. The minimum Gasteiger partial charge on any atom is -0.310 e. The SMILES string of the molecule is C1=Cc2sc3c(-c4c5cc(N6c7ccccc7Cc7ccccc76)ccc5c(-c5cccc6c5sc5ccccc56)c5cc(N6c7ccccc7Cc7ccccc76)ccc45)cccc3c2CC1. The molecule has 4 heterocycles. The summed E-state index contributed by atoms with van der Waals surface area (Å²) < 4.78 is 4.01. The van der Waals surface area contributed by atoms with Gasteiger partial charge in [-0.2, -0.15) is 0 Å². The molecule has 320 valence electrons. The highest BCUT2D eigenvalue weighted by atomic mass is 32.1. The van der Waals surface area contributed by atoms with Gasteiger partial charge in [-0.15, -0.1) is 22.7 Å². The van der Waals surface area contributed by atoms with Crippen molar-refractivity contribution in [3.05, 3.63) is 233 Å². The number of benzene rings is 10. The molecule has 0 bridgehead atoms. The molecule has 0 saturated heterocycles. The van der Waals surface area contributed by atoms with Gasteiger partial charge in [-0.3, -0.25) is 0 Å². The summed E-state index contributed by atoms with van der Waals surface area (Å²) in [6.07, 6.45) is 8.72. The van der Waals surface area contributed by atoms with E-state index >= 15 is 0 Å². The Kier molecular flexibility index (Phi) is 8.39. The van der Waals surface area contributed by atoms with Crippen LogP contribution in [0.2, 0.25) is 0 Å². The van der Waals surface area contributed by atoms with Crippen LogP contribution in [0.4, 0.5) is 34.1 Å². The second kappa shape index (κ2) is 14.9. The van der Waals surface area contributed by atoms with Crippen LogP contribution >= 0.6 is 22.7 Å². The number of rotatable bonds is 4. The van der Waals surface area contributed by atoms with Gasteiger partial charge in [0.05, 0.1) is 0 Å². The topological polar surface area (TPSA) is 6.48 Å². The Morgan fingerprint density at radius 2 is 0.838 bits per heavy atom. The van der Waals surface area contributed by atoms with Gasteiger partial charge in [-0.1, -0.05) is 146 Å². The zero-order valence-corrected chi connectivity index (χ0v) is 38.8. The molecule has 0 unspecified atom stereocenters. The highest BCUT2D eigenvalue weighted by molar-refractivity contribution is 7.26. The van der Waals surface area contributed by atoms with Gasteiger partial charge in [0.2, 0.25) is 0 Å². The smallest absolute Gasteiger partial charge is 0.0497 e. The van der Waals surface area contributed by atoms with E-state index in [1.807, 2.05) is 22.7 Å². The van der Waals surface area contributed by atoms with Crippen molar-refractivity contribution in [1.82, 2.24) is 0 Å². The lowest BCUT2D eigenvalue weighted by Gasteiger charge is -2.34. The van der Waals surface area contributed by atoms with Gasteiger partial charge >= 0.3 is 0 Å². The number of anilines is 6. The van der Waals surface area contributed by atoms with E-state index in [0.717, 1.165) is 25.7 Å². The summed E-state index contributed by atoms with van der Waals surface area (Å²) in [5, 5.41) is 9.06. The van der Waals surface area contributed by atoms with Crippen molar-refractivity contribution >= 4 is 115 Å². The average Bonchev–Trinajstić information content (AvgIpc) is 3.98. The zero-order valence-electron chi connectivity index (χ0n) is 37.2. The summed E-state index contributed by atoms with van der Waals surface area (Å²) >= 11 is 3.88. The van der Waals surface area contributed by atoms with E-state index in [1.54, 1.807) is 0 Å². The van der Waals surface area contributed by atoms with Crippen LogP contribution in [-0.4, -0.2) is 0 Å². The Morgan fingerprint density at radius 1 is 0.368 bits per heavy atom. The number of para-hydroxylation sites is 4. The molecule has 2 aromatic heterocycles. The van der Waals surface area contributed by atoms with E-state index in [2.05, 4.69) is 216 Å². The van der Waals surface area contributed by atoms with E-state index < -0.39 is 0 Å². The number of hydrogen-bond acceptors (Lipinski definition) is 4. The van der Waals surface area contributed by atoms with Crippen LogP contribution in [0.15, 0.2) is 200 Å². The molecule has 0 atom stereocenters. The number of hydrogen-bond donors (Lipinski definition) is 0. The Bertz CT molecular complexity index is 4040. The number of aryl methyl sites for hydroxylation is 1. The van der Waals surface area contributed by atoms with Gasteiger partial charge < -0.3 is 9.80 Å². The molecule has 68 heavy (non-hydrogen) atoms. The maximum atomic E-state index is 2.52. The van der Waals surface area contributed by atoms with Gasteiger partial charge in [0.25, 0.3) is 0 Å². The normalized spacial score (nSPS) is 13.8. The lowest BCUT2D eigenvalue weighted by molar-refractivity contribution is 1.01. The second-order valence-electron chi connectivity index (χ2n) is 18.6. The number of allylic oxidation sites excluding steroid dienone is 1. The number of nitrogens with zero attached hydrogens (tertiary/aromatic N) is 2. The minimum atomic E-state index is 0.919. The van der Waals surface area contributed by atoms with Crippen LogP contribution in [0.3, 0.4) is 0 Å². The molecule has 0 spiro atoms. The Hall–Kier alpha value is -7.76. The molecule has 0 amide bonds. The van der Waals surface area contributed by atoms with E-state index in [1.165, 1.54) is 141 Å². The highest BCUT2D eigenvalue weighted by Crippen LogP contribution is 2.54. The third-order valence-corrected chi connectivity index (χ3v) is 17.4. The van der Waals surface area contributed by atoms with Crippen molar-refractivity contribution in [2.45, 2.75) is 25.7 Å². The predicted molar refractivity (Wildman–Crippen MR) is 293 cm³/mol. The van der Waals surface area contributed by atoms with Gasteiger partial charge in [0, 0.05) is 87.8 Å². The van der Waals surface area contributed by atoms with Crippen LogP contribution in [0.25, 0.3) is 80.1 Å². The third kappa shape index (κ3) is 5.62. The van der Waals surface area contributed by atoms with E-state index in [9.17, 15) is 0 Å². The monoisotopic (exact) mass is 902 g/mol. The van der Waals surface area contributed by atoms with E-state index in [0.29, 0.717) is 0 Å². The van der Waals surface area contributed by atoms with Gasteiger partial charge in [-0.25, -0.2) is 0 Å². The fourth-order valence-corrected chi connectivity index (χ4v) is 14.5. The summed E-state index contributed by atoms with van der Waals surface area (Å²) in [5.41, 5.74) is 19.3. The molecular weight excluding hydrogens is 861 g/mol. The number of fused-ring (bicyclic) bond motifs is 12. The zero-order chi connectivity index (χ0) is 44.5. The van der Waals surface area contributed by atoms with Crippen molar-refractivity contribution in [3.8, 4) is 22.3 Å². The number of thiophene rings is 2. The lowest BCUT2D eigenvalue weighted by Crippen LogP contribution is -2.18. The standard InChI is InChI=1S/C64H42N2S2/c1-7-25-55-39(15-1)35-40-16-2-8-26-56(40)65(55)43-31-33-47-53(37-43)61(51-23-13-21-49-45-19-5-11-29-59(45)67-63(49)51)48-34-32-44(66-57-27-9-3-17-41(57)36-42-18-4-10-28-58(42)66)38-54(48)62(47)52-24-14-22-50-46-20-6-12-30-60(46)68-64(50)52/h1-5,7-19,21-34,37-38H,6,20,35-36H2. The van der Waals surface area contributed by atoms with Crippen molar-refractivity contribution in [2.75, 3.05) is 9.80 Å². The van der Waals surface area contributed by atoms with Gasteiger partial charge in [0.15, 0.2) is 0 Å². The maximum absolute atomic E-state index is 2.52. The molecule has 0 N–H and O–H groups in total. The van der Waals surface area contributed by atoms with Crippen LogP contribution in [-0.2, 0) is 19.3 Å². The Morgan fingerprint density at radius 3 is 1.40 bits per heavy atom. The third-order valence-electron chi connectivity index (χ3n) is 14.9. The molecule has 4 heteroatoms. The van der Waals surface area contributed by atoms with E-state index in [-0.39, 0.29) is 0 Å². The van der Waals surface area contributed by atoms with Crippen LogP contribution in [0.1, 0.15) is 39.1 Å². The van der Waals surface area contributed by atoms with E-state index in [4.69, 9.17) is 0 Å². The average molecular weight is 903 g/mol. The van der Waals surface area contributed by atoms with Crippen LogP contribution in [0.5, 0.6) is 0 Å². The second-order valence-corrected chi connectivity index (χ2v) is 20.7.